The maximum absolute atomic E-state index is 4.44. The minimum Gasteiger partial charge on any atom is -0.354 e. The van der Waals surface area contributed by atoms with Crippen LogP contribution in [0.4, 0.5) is 5.82 Å². The van der Waals surface area contributed by atoms with Gasteiger partial charge < -0.3 is 4.90 Å². The van der Waals surface area contributed by atoms with Crippen molar-refractivity contribution in [3.8, 4) is 0 Å². The van der Waals surface area contributed by atoms with Crippen molar-refractivity contribution in [3.05, 3.63) is 54.5 Å². The zero-order chi connectivity index (χ0) is 15.0. The molecule has 116 valence electrons. The fourth-order valence-corrected chi connectivity index (χ4v) is 2.95. The third-order valence-electron chi connectivity index (χ3n) is 4.26. The first kappa shape index (κ1) is 15.0. The van der Waals surface area contributed by atoms with Gasteiger partial charge in [-0.1, -0.05) is 12.1 Å². The molecule has 0 unspecified atom stereocenters. The number of piperazine rings is 1. The highest BCUT2D eigenvalue weighted by molar-refractivity contribution is 5.38. The Hall–Kier alpha value is -1.94. The Morgan fingerprint density at radius 1 is 0.909 bits per heavy atom. The molecule has 0 saturated carbocycles. The Kier molecular flexibility index (Phi) is 5.37. The number of anilines is 1. The van der Waals surface area contributed by atoms with Crippen LogP contribution >= 0.6 is 0 Å². The minimum absolute atomic E-state index is 1.08. The second kappa shape index (κ2) is 7.90. The molecule has 4 heteroatoms. The van der Waals surface area contributed by atoms with Crippen molar-refractivity contribution in [2.75, 3.05) is 37.6 Å². The van der Waals surface area contributed by atoms with Gasteiger partial charge in [0.25, 0.3) is 0 Å². The predicted molar refractivity (Wildman–Crippen MR) is 90.1 cm³/mol. The number of rotatable bonds is 6. The molecule has 1 aliphatic heterocycles. The number of aromatic nitrogens is 2. The van der Waals surface area contributed by atoms with E-state index >= 15 is 0 Å². The maximum Gasteiger partial charge on any atom is 0.128 e. The molecule has 0 bridgehead atoms. The van der Waals surface area contributed by atoms with Gasteiger partial charge in [0, 0.05) is 44.8 Å². The van der Waals surface area contributed by atoms with Crippen LogP contribution in [0.15, 0.2) is 48.9 Å². The van der Waals surface area contributed by atoms with Crippen molar-refractivity contribution in [3.63, 3.8) is 0 Å². The van der Waals surface area contributed by atoms with E-state index in [2.05, 4.69) is 38.0 Å². The average molecular weight is 296 g/mol. The molecule has 3 rings (SSSR count). The Labute approximate surface area is 132 Å². The summed E-state index contributed by atoms with van der Waals surface area (Å²) < 4.78 is 0. The Morgan fingerprint density at radius 3 is 2.55 bits per heavy atom. The van der Waals surface area contributed by atoms with Crippen molar-refractivity contribution in [1.29, 1.82) is 0 Å². The molecule has 3 heterocycles. The lowest BCUT2D eigenvalue weighted by Gasteiger charge is -2.35. The van der Waals surface area contributed by atoms with E-state index in [4.69, 9.17) is 0 Å². The predicted octanol–water partition coefficient (Wildman–Crippen LogP) is 2.62. The number of pyridine rings is 2. The zero-order valence-electron chi connectivity index (χ0n) is 13.1. The Morgan fingerprint density at radius 2 is 1.82 bits per heavy atom. The van der Waals surface area contributed by atoms with Gasteiger partial charge in [-0.2, -0.15) is 0 Å². The summed E-state index contributed by atoms with van der Waals surface area (Å²) in [6, 6.07) is 10.3. The third kappa shape index (κ3) is 4.28. The SMILES string of the molecule is c1ccc(N2CCN(CCCCc3cccnc3)CC2)nc1. The standard InChI is InChI=1S/C18H24N4/c1-3-10-20-18(8-1)22-14-12-21(13-15-22)11-4-2-6-17-7-5-9-19-16-17/h1,3,5,7-10,16H,2,4,6,11-15H2. The van der Waals surface area contributed by atoms with Gasteiger partial charge in [-0.15, -0.1) is 0 Å². The van der Waals surface area contributed by atoms with Crippen LogP contribution < -0.4 is 4.90 Å². The van der Waals surface area contributed by atoms with Gasteiger partial charge in [0.1, 0.15) is 5.82 Å². The molecule has 0 aliphatic carbocycles. The summed E-state index contributed by atoms with van der Waals surface area (Å²) in [5, 5.41) is 0. The summed E-state index contributed by atoms with van der Waals surface area (Å²) in [5.74, 6) is 1.11. The summed E-state index contributed by atoms with van der Waals surface area (Å²) >= 11 is 0. The van der Waals surface area contributed by atoms with Crippen molar-refractivity contribution < 1.29 is 0 Å². The Balaban J connectivity index is 1.34. The molecule has 1 fully saturated rings. The smallest absolute Gasteiger partial charge is 0.128 e. The van der Waals surface area contributed by atoms with Crippen LogP contribution in [0.5, 0.6) is 0 Å². The lowest BCUT2D eigenvalue weighted by molar-refractivity contribution is 0.252. The number of hydrogen-bond acceptors (Lipinski definition) is 4. The fourth-order valence-electron chi connectivity index (χ4n) is 2.95. The molecule has 22 heavy (non-hydrogen) atoms. The van der Waals surface area contributed by atoms with E-state index in [1.807, 2.05) is 30.7 Å². The van der Waals surface area contributed by atoms with E-state index in [-0.39, 0.29) is 0 Å². The second-order valence-electron chi connectivity index (χ2n) is 5.84. The fraction of sp³-hybridized carbons (Fsp3) is 0.444. The minimum atomic E-state index is 1.08. The van der Waals surface area contributed by atoms with Gasteiger partial charge in [0.2, 0.25) is 0 Å². The topological polar surface area (TPSA) is 32.3 Å². The monoisotopic (exact) mass is 296 g/mol. The Bertz CT molecular complexity index is 536. The summed E-state index contributed by atoms with van der Waals surface area (Å²) in [7, 11) is 0. The van der Waals surface area contributed by atoms with Crippen LogP contribution in [0.1, 0.15) is 18.4 Å². The first-order valence-electron chi connectivity index (χ1n) is 8.19. The van der Waals surface area contributed by atoms with Gasteiger partial charge in [-0.05, 0) is 49.6 Å². The molecule has 4 nitrogen and oxygen atoms in total. The van der Waals surface area contributed by atoms with Crippen molar-refractivity contribution in [2.45, 2.75) is 19.3 Å². The highest BCUT2D eigenvalue weighted by atomic mass is 15.3. The van der Waals surface area contributed by atoms with E-state index in [1.54, 1.807) is 0 Å². The molecule has 0 spiro atoms. The molecule has 0 amide bonds. The highest BCUT2D eigenvalue weighted by Gasteiger charge is 2.17. The molecule has 2 aromatic heterocycles. The van der Waals surface area contributed by atoms with Crippen molar-refractivity contribution in [2.24, 2.45) is 0 Å². The molecule has 0 radical (unpaired) electrons. The number of aryl methyl sites for hydroxylation is 1. The molecular formula is C18H24N4. The van der Waals surface area contributed by atoms with Gasteiger partial charge in [0.05, 0.1) is 0 Å². The van der Waals surface area contributed by atoms with Crippen LogP contribution in [0.25, 0.3) is 0 Å². The van der Waals surface area contributed by atoms with Gasteiger partial charge in [-0.3, -0.25) is 9.88 Å². The van der Waals surface area contributed by atoms with Crippen molar-refractivity contribution >= 4 is 5.82 Å². The molecule has 2 aromatic rings. The zero-order valence-corrected chi connectivity index (χ0v) is 13.1. The normalized spacial score (nSPS) is 15.9. The quantitative estimate of drug-likeness (QED) is 0.767. The lowest BCUT2D eigenvalue weighted by atomic mass is 10.1. The molecule has 0 N–H and O–H groups in total. The molecule has 1 aliphatic rings. The molecule has 0 aromatic carbocycles. The summed E-state index contributed by atoms with van der Waals surface area (Å²) in [5.41, 5.74) is 1.35. The number of hydrogen-bond donors (Lipinski definition) is 0. The van der Waals surface area contributed by atoms with Crippen LogP contribution in [-0.4, -0.2) is 47.6 Å². The highest BCUT2D eigenvalue weighted by Crippen LogP contribution is 2.13. The van der Waals surface area contributed by atoms with Gasteiger partial charge in [-0.25, -0.2) is 4.98 Å². The summed E-state index contributed by atoms with van der Waals surface area (Å²) in [4.78, 5) is 13.6. The van der Waals surface area contributed by atoms with E-state index in [0.717, 1.165) is 38.4 Å². The second-order valence-corrected chi connectivity index (χ2v) is 5.84. The van der Waals surface area contributed by atoms with E-state index in [1.165, 1.54) is 24.9 Å². The number of unbranched alkanes of at least 4 members (excludes halogenated alkanes) is 1. The van der Waals surface area contributed by atoms with E-state index in [9.17, 15) is 0 Å². The van der Waals surface area contributed by atoms with Crippen LogP contribution in [-0.2, 0) is 6.42 Å². The van der Waals surface area contributed by atoms with Crippen molar-refractivity contribution in [1.82, 2.24) is 14.9 Å². The molecular weight excluding hydrogens is 272 g/mol. The van der Waals surface area contributed by atoms with Gasteiger partial charge >= 0.3 is 0 Å². The van der Waals surface area contributed by atoms with Crippen LogP contribution in [0.2, 0.25) is 0 Å². The summed E-state index contributed by atoms with van der Waals surface area (Å²) in [6.07, 6.45) is 9.34. The van der Waals surface area contributed by atoms with Gasteiger partial charge in [0.15, 0.2) is 0 Å². The van der Waals surface area contributed by atoms with E-state index in [0.29, 0.717) is 0 Å². The third-order valence-corrected chi connectivity index (χ3v) is 4.26. The van der Waals surface area contributed by atoms with Crippen LogP contribution in [0.3, 0.4) is 0 Å². The number of nitrogens with zero attached hydrogens (tertiary/aromatic N) is 4. The summed E-state index contributed by atoms with van der Waals surface area (Å²) in [6.45, 7) is 5.66. The molecule has 1 saturated heterocycles. The largest absolute Gasteiger partial charge is 0.354 e. The van der Waals surface area contributed by atoms with Crippen LogP contribution in [0, 0.1) is 0 Å². The molecule has 0 atom stereocenters. The first-order chi connectivity index (χ1) is 10.9. The average Bonchev–Trinajstić information content (AvgIpc) is 2.61. The van der Waals surface area contributed by atoms with E-state index < -0.39 is 0 Å². The lowest BCUT2D eigenvalue weighted by Crippen LogP contribution is -2.46. The first-order valence-corrected chi connectivity index (χ1v) is 8.19. The maximum atomic E-state index is 4.44.